The van der Waals surface area contributed by atoms with Gasteiger partial charge in [0.1, 0.15) is 12.4 Å². The van der Waals surface area contributed by atoms with Crippen molar-refractivity contribution in [2.45, 2.75) is 19.6 Å². The van der Waals surface area contributed by atoms with Gasteiger partial charge in [-0.1, -0.05) is 51.8 Å². The number of halogens is 2. The molecule has 1 atom stereocenters. The molecule has 0 saturated heterocycles. The second-order valence-corrected chi connectivity index (χ2v) is 5.90. The molecule has 106 valence electrons. The fourth-order valence-electron chi connectivity index (χ4n) is 1.92. The molecule has 0 bridgehead atoms. The van der Waals surface area contributed by atoms with Crippen LogP contribution in [0, 0.1) is 0 Å². The van der Waals surface area contributed by atoms with Crippen LogP contribution >= 0.6 is 27.5 Å². The predicted molar refractivity (Wildman–Crippen MR) is 87.4 cm³/mol. The third kappa shape index (κ3) is 3.75. The van der Waals surface area contributed by atoms with Crippen LogP contribution in [0.3, 0.4) is 0 Å². The number of ether oxygens (including phenoxy) is 1. The molecule has 2 aromatic carbocycles. The fraction of sp³-hybridized carbons (Fsp3) is 0.250. The first kappa shape index (κ1) is 15.4. The van der Waals surface area contributed by atoms with Crippen molar-refractivity contribution in [3.05, 3.63) is 63.1 Å². The van der Waals surface area contributed by atoms with Gasteiger partial charge in [-0.25, -0.2) is 0 Å². The Morgan fingerprint density at radius 1 is 1.25 bits per heavy atom. The molecule has 4 heteroatoms. The van der Waals surface area contributed by atoms with E-state index >= 15 is 0 Å². The molecule has 1 N–H and O–H groups in total. The molecular weight excluding hydrogens is 338 g/mol. The predicted octanol–water partition coefficient (Wildman–Crippen LogP) is 4.96. The number of rotatable bonds is 5. The maximum Gasteiger partial charge on any atom is 0.124 e. The van der Waals surface area contributed by atoms with Gasteiger partial charge in [0.2, 0.25) is 0 Å². The lowest BCUT2D eigenvalue weighted by molar-refractivity contribution is 0.300. The SMILES string of the molecule is CNC(C)c1ccccc1OCc1ccc(Br)cc1Cl. The highest BCUT2D eigenvalue weighted by atomic mass is 79.9. The van der Waals surface area contributed by atoms with Gasteiger partial charge >= 0.3 is 0 Å². The summed E-state index contributed by atoms with van der Waals surface area (Å²) in [7, 11) is 1.94. The Morgan fingerprint density at radius 2 is 2.00 bits per heavy atom. The van der Waals surface area contributed by atoms with Crippen LogP contribution in [-0.2, 0) is 6.61 Å². The van der Waals surface area contributed by atoms with Crippen molar-refractivity contribution < 1.29 is 4.74 Å². The van der Waals surface area contributed by atoms with Crippen LogP contribution in [0.15, 0.2) is 46.9 Å². The van der Waals surface area contributed by atoms with E-state index in [2.05, 4.69) is 34.2 Å². The first-order chi connectivity index (χ1) is 9.61. The van der Waals surface area contributed by atoms with Gasteiger partial charge < -0.3 is 10.1 Å². The van der Waals surface area contributed by atoms with Crippen LogP contribution in [0.5, 0.6) is 5.75 Å². The zero-order chi connectivity index (χ0) is 14.5. The molecule has 0 aromatic heterocycles. The van der Waals surface area contributed by atoms with Gasteiger partial charge in [0.15, 0.2) is 0 Å². The fourth-order valence-corrected chi connectivity index (χ4v) is 2.65. The second-order valence-electron chi connectivity index (χ2n) is 4.57. The highest BCUT2D eigenvalue weighted by Crippen LogP contribution is 2.27. The quantitative estimate of drug-likeness (QED) is 0.819. The van der Waals surface area contributed by atoms with Gasteiger partial charge in [0.25, 0.3) is 0 Å². The maximum absolute atomic E-state index is 6.20. The summed E-state index contributed by atoms with van der Waals surface area (Å²) < 4.78 is 6.90. The lowest BCUT2D eigenvalue weighted by atomic mass is 10.1. The van der Waals surface area contributed by atoms with Crippen molar-refractivity contribution in [3.8, 4) is 5.75 Å². The van der Waals surface area contributed by atoms with Crippen LogP contribution < -0.4 is 10.1 Å². The summed E-state index contributed by atoms with van der Waals surface area (Å²) in [6, 6.07) is 14.1. The largest absolute Gasteiger partial charge is 0.489 e. The highest BCUT2D eigenvalue weighted by molar-refractivity contribution is 9.10. The Labute approximate surface area is 133 Å². The number of benzene rings is 2. The van der Waals surface area contributed by atoms with Crippen LogP contribution in [0.2, 0.25) is 5.02 Å². The summed E-state index contributed by atoms with van der Waals surface area (Å²) >= 11 is 9.60. The summed E-state index contributed by atoms with van der Waals surface area (Å²) in [4.78, 5) is 0. The van der Waals surface area contributed by atoms with E-state index < -0.39 is 0 Å². The van der Waals surface area contributed by atoms with Gasteiger partial charge in [-0.3, -0.25) is 0 Å². The minimum Gasteiger partial charge on any atom is -0.489 e. The average molecular weight is 355 g/mol. The normalized spacial score (nSPS) is 12.2. The smallest absolute Gasteiger partial charge is 0.124 e. The molecule has 0 aliphatic heterocycles. The van der Waals surface area contributed by atoms with Crippen LogP contribution in [0.25, 0.3) is 0 Å². The summed E-state index contributed by atoms with van der Waals surface area (Å²) in [5.41, 5.74) is 2.12. The summed E-state index contributed by atoms with van der Waals surface area (Å²) in [6.45, 7) is 2.56. The number of hydrogen-bond donors (Lipinski definition) is 1. The molecule has 0 heterocycles. The molecule has 0 radical (unpaired) electrons. The molecule has 2 rings (SSSR count). The number of para-hydroxylation sites is 1. The van der Waals surface area contributed by atoms with E-state index in [1.54, 1.807) is 0 Å². The van der Waals surface area contributed by atoms with Gasteiger partial charge in [0.05, 0.1) is 0 Å². The summed E-state index contributed by atoms with van der Waals surface area (Å²) in [6.07, 6.45) is 0. The van der Waals surface area contributed by atoms with Crippen molar-refractivity contribution in [2.24, 2.45) is 0 Å². The third-order valence-corrected chi connectivity index (χ3v) is 4.06. The minimum atomic E-state index is 0.242. The lowest BCUT2D eigenvalue weighted by Gasteiger charge is -2.16. The van der Waals surface area contributed by atoms with E-state index in [0.717, 1.165) is 21.3 Å². The molecule has 2 nitrogen and oxygen atoms in total. The first-order valence-electron chi connectivity index (χ1n) is 6.44. The molecule has 0 saturated carbocycles. The monoisotopic (exact) mass is 353 g/mol. The molecule has 0 fully saturated rings. The zero-order valence-corrected chi connectivity index (χ0v) is 13.8. The van der Waals surface area contributed by atoms with Crippen molar-refractivity contribution >= 4 is 27.5 Å². The Hall–Kier alpha value is -1.03. The van der Waals surface area contributed by atoms with Gasteiger partial charge in [-0.15, -0.1) is 0 Å². The number of nitrogens with one attached hydrogen (secondary N) is 1. The van der Waals surface area contributed by atoms with E-state index in [0.29, 0.717) is 11.6 Å². The Kier molecular flexibility index (Phi) is 5.46. The minimum absolute atomic E-state index is 0.242. The second kappa shape index (κ2) is 7.11. The molecule has 0 aliphatic carbocycles. The Bertz CT molecular complexity index is 588. The molecule has 0 amide bonds. The van der Waals surface area contributed by atoms with Crippen LogP contribution in [-0.4, -0.2) is 7.05 Å². The standard InChI is InChI=1S/C16H17BrClNO/c1-11(19-2)14-5-3-4-6-16(14)20-10-12-7-8-13(17)9-15(12)18/h3-9,11,19H,10H2,1-2H3. The van der Waals surface area contributed by atoms with Crippen LogP contribution in [0.4, 0.5) is 0 Å². The summed E-state index contributed by atoms with van der Waals surface area (Å²) in [5.74, 6) is 0.883. The van der Waals surface area contributed by atoms with E-state index in [9.17, 15) is 0 Å². The van der Waals surface area contributed by atoms with Gasteiger partial charge in [-0.2, -0.15) is 0 Å². The van der Waals surface area contributed by atoms with E-state index in [-0.39, 0.29) is 6.04 Å². The van der Waals surface area contributed by atoms with Gasteiger partial charge in [-0.05, 0) is 32.2 Å². The highest BCUT2D eigenvalue weighted by Gasteiger charge is 2.10. The molecule has 1 unspecified atom stereocenters. The topological polar surface area (TPSA) is 21.3 Å². The molecular formula is C16H17BrClNO. The molecule has 20 heavy (non-hydrogen) atoms. The van der Waals surface area contributed by atoms with Crippen molar-refractivity contribution in [3.63, 3.8) is 0 Å². The zero-order valence-electron chi connectivity index (χ0n) is 11.5. The van der Waals surface area contributed by atoms with Crippen LogP contribution in [0.1, 0.15) is 24.1 Å². The van der Waals surface area contributed by atoms with Crippen molar-refractivity contribution in [1.82, 2.24) is 5.32 Å². The van der Waals surface area contributed by atoms with Gasteiger partial charge in [0, 0.05) is 26.7 Å². The van der Waals surface area contributed by atoms with E-state index in [1.165, 1.54) is 0 Å². The maximum atomic E-state index is 6.20. The average Bonchev–Trinajstić information content (AvgIpc) is 2.46. The Morgan fingerprint density at radius 3 is 2.70 bits per heavy atom. The first-order valence-corrected chi connectivity index (χ1v) is 7.62. The van der Waals surface area contributed by atoms with Crippen molar-refractivity contribution in [2.75, 3.05) is 7.05 Å². The van der Waals surface area contributed by atoms with E-state index in [1.807, 2.05) is 43.4 Å². The molecule has 0 aliphatic rings. The Balaban J connectivity index is 2.15. The van der Waals surface area contributed by atoms with Crippen molar-refractivity contribution in [1.29, 1.82) is 0 Å². The lowest BCUT2D eigenvalue weighted by Crippen LogP contribution is -2.13. The molecule has 0 spiro atoms. The third-order valence-electron chi connectivity index (χ3n) is 3.22. The van der Waals surface area contributed by atoms with E-state index in [4.69, 9.17) is 16.3 Å². The summed E-state index contributed by atoms with van der Waals surface area (Å²) in [5, 5.41) is 3.93. The number of hydrogen-bond acceptors (Lipinski definition) is 2. The molecule has 2 aromatic rings.